The third-order valence-corrected chi connectivity index (χ3v) is 8.72. The van der Waals surface area contributed by atoms with E-state index in [4.69, 9.17) is 4.74 Å². The number of hydrogen-bond donors (Lipinski definition) is 1. The number of alkyl halides is 3. The molecule has 0 unspecified atom stereocenters. The van der Waals surface area contributed by atoms with Gasteiger partial charge in [-0.3, -0.25) is 9.59 Å². The zero-order valence-corrected chi connectivity index (χ0v) is 21.7. The van der Waals surface area contributed by atoms with Crippen LogP contribution in [-0.2, 0) is 27.9 Å². The highest BCUT2D eigenvalue weighted by atomic mass is 32.1. The second-order valence-electron chi connectivity index (χ2n) is 10.3. The Kier molecular flexibility index (Phi) is 8.70. The molecule has 4 rings (SSSR count). The lowest BCUT2D eigenvalue weighted by atomic mass is 9.75. The summed E-state index contributed by atoms with van der Waals surface area (Å²) in [4.78, 5) is 32.3. The summed E-state index contributed by atoms with van der Waals surface area (Å²) in [5, 5.41) is 11.9. The highest BCUT2D eigenvalue weighted by Gasteiger charge is 2.38. The highest BCUT2D eigenvalue weighted by molar-refractivity contribution is 7.11. The summed E-state index contributed by atoms with van der Waals surface area (Å²) in [6.45, 7) is 1.77. The molecule has 1 aliphatic carbocycles. The van der Waals surface area contributed by atoms with Gasteiger partial charge in [-0.2, -0.15) is 13.2 Å². The van der Waals surface area contributed by atoms with Crippen LogP contribution in [0.15, 0.2) is 30.5 Å². The molecular weight excluding hydrogens is 505 g/mol. The average molecular weight is 539 g/mol. The maximum absolute atomic E-state index is 12.9. The van der Waals surface area contributed by atoms with Crippen LogP contribution < -0.4 is 0 Å². The lowest BCUT2D eigenvalue weighted by molar-refractivity contribution is -0.137. The number of benzene rings is 1. The van der Waals surface area contributed by atoms with Crippen molar-refractivity contribution in [3.05, 3.63) is 51.5 Å². The lowest BCUT2D eigenvalue weighted by Gasteiger charge is -2.35. The Bertz CT molecular complexity index is 1100. The van der Waals surface area contributed by atoms with Gasteiger partial charge in [-0.15, -0.1) is 11.3 Å². The number of carbonyl (C=O) groups excluding carboxylic acids is 2. The van der Waals surface area contributed by atoms with Gasteiger partial charge < -0.3 is 14.7 Å². The minimum absolute atomic E-state index is 0.00284. The van der Waals surface area contributed by atoms with E-state index >= 15 is 0 Å². The van der Waals surface area contributed by atoms with E-state index in [9.17, 15) is 27.9 Å². The SMILES string of the molecule is COCc1cnc(C2(O)CCC(C[C@H]3CCN(C(=O)CCC(=O)c4cccc(C(F)(F)F)c4)C3)CC2)s1. The molecule has 2 heterocycles. The fourth-order valence-corrected chi connectivity index (χ4v) is 6.48. The molecule has 1 N–H and O–H groups in total. The number of ketones is 1. The van der Waals surface area contributed by atoms with Crippen molar-refractivity contribution < 1.29 is 32.6 Å². The highest BCUT2D eigenvalue weighted by Crippen LogP contribution is 2.43. The molecule has 2 aliphatic rings. The number of nitrogens with zero attached hydrogens (tertiary/aromatic N) is 2. The van der Waals surface area contributed by atoms with Crippen LogP contribution in [0.1, 0.15) is 77.2 Å². The molecule has 1 saturated carbocycles. The molecular formula is C27H33F3N2O4S. The number of methoxy groups -OCH3 is 1. The normalized spacial score (nSPS) is 24.4. The number of carbonyl (C=O) groups is 2. The molecule has 0 spiro atoms. The standard InChI is InChI=1S/C27H33F3N2O4S/c1-36-17-22-15-31-25(37-22)26(35)10-7-18(8-11-26)13-19-9-12-32(16-19)24(34)6-5-23(33)20-3-2-4-21(14-20)27(28,29)30/h2-4,14-15,18-19,35H,5-13,16-17H2,1H3/t18?,19-,26?/m1/s1. The average Bonchev–Trinajstić information content (AvgIpc) is 3.54. The van der Waals surface area contributed by atoms with Gasteiger partial charge in [0.25, 0.3) is 0 Å². The van der Waals surface area contributed by atoms with Crippen LogP contribution >= 0.6 is 11.3 Å². The molecule has 1 aliphatic heterocycles. The first kappa shape index (κ1) is 27.7. The maximum Gasteiger partial charge on any atom is 0.416 e. The summed E-state index contributed by atoms with van der Waals surface area (Å²) in [5.74, 6) is 0.282. The lowest BCUT2D eigenvalue weighted by Crippen LogP contribution is -2.32. The summed E-state index contributed by atoms with van der Waals surface area (Å²) in [6, 6.07) is 4.34. The van der Waals surface area contributed by atoms with Crippen molar-refractivity contribution in [2.24, 2.45) is 11.8 Å². The molecule has 0 bridgehead atoms. The van der Waals surface area contributed by atoms with Crippen molar-refractivity contribution in [2.75, 3.05) is 20.2 Å². The molecule has 6 nitrogen and oxygen atoms in total. The number of likely N-dealkylation sites (tertiary alicyclic amines) is 1. The van der Waals surface area contributed by atoms with Gasteiger partial charge in [0.2, 0.25) is 5.91 Å². The number of hydrogen-bond acceptors (Lipinski definition) is 6. The van der Waals surface area contributed by atoms with Crippen LogP contribution in [0.3, 0.4) is 0 Å². The third-order valence-electron chi connectivity index (χ3n) is 7.55. The Balaban J connectivity index is 1.21. The number of halogens is 3. The van der Waals surface area contributed by atoms with E-state index in [0.29, 0.717) is 44.4 Å². The van der Waals surface area contributed by atoms with E-state index < -0.39 is 23.1 Å². The van der Waals surface area contributed by atoms with E-state index in [1.54, 1.807) is 18.2 Å². The molecule has 10 heteroatoms. The first-order valence-electron chi connectivity index (χ1n) is 12.7. The zero-order valence-electron chi connectivity index (χ0n) is 20.9. The van der Waals surface area contributed by atoms with Crippen molar-refractivity contribution in [1.29, 1.82) is 0 Å². The molecule has 37 heavy (non-hydrogen) atoms. The number of aliphatic hydroxyl groups is 1. The molecule has 1 aromatic carbocycles. The summed E-state index contributed by atoms with van der Waals surface area (Å²) in [5.41, 5.74) is -1.76. The molecule has 202 valence electrons. The largest absolute Gasteiger partial charge is 0.416 e. The fraction of sp³-hybridized carbons (Fsp3) is 0.593. The van der Waals surface area contributed by atoms with Gasteiger partial charge in [-0.05, 0) is 62.5 Å². The van der Waals surface area contributed by atoms with Crippen molar-refractivity contribution in [2.45, 2.75) is 69.8 Å². The monoisotopic (exact) mass is 538 g/mol. The number of aromatic nitrogens is 1. The first-order valence-corrected chi connectivity index (χ1v) is 13.5. The van der Waals surface area contributed by atoms with E-state index in [0.717, 1.165) is 47.7 Å². The Morgan fingerprint density at radius 1 is 1.19 bits per heavy atom. The number of rotatable bonds is 9. The minimum atomic E-state index is -4.51. The number of thiazole rings is 1. The predicted octanol–water partition coefficient (Wildman–Crippen LogP) is 5.59. The molecule has 2 aromatic rings. The molecule has 1 saturated heterocycles. The van der Waals surface area contributed by atoms with E-state index in [-0.39, 0.29) is 24.3 Å². The van der Waals surface area contributed by atoms with Gasteiger partial charge in [0, 0.05) is 44.8 Å². The van der Waals surface area contributed by atoms with Gasteiger partial charge in [0.05, 0.1) is 17.0 Å². The maximum atomic E-state index is 12.9. The summed E-state index contributed by atoms with van der Waals surface area (Å²) < 4.78 is 43.9. The van der Waals surface area contributed by atoms with Gasteiger partial charge in [0.15, 0.2) is 5.78 Å². The van der Waals surface area contributed by atoms with Crippen LogP contribution in [0.2, 0.25) is 0 Å². The second-order valence-corrected chi connectivity index (χ2v) is 11.4. The quantitative estimate of drug-likeness (QED) is 0.421. The number of Topliss-reactive ketones (excluding diaryl/α,β-unsaturated/α-hetero) is 1. The topological polar surface area (TPSA) is 79.7 Å². The summed E-state index contributed by atoms with van der Waals surface area (Å²) >= 11 is 1.50. The molecule has 0 radical (unpaired) electrons. The zero-order chi connectivity index (χ0) is 26.6. The van der Waals surface area contributed by atoms with Crippen molar-refractivity contribution in [1.82, 2.24) is 9.88 Å². The fourth-order valence-electron chi connectivity index (χ4n) is 5.45. The first-order chi connectivity index (χ1) is 17.6. The van der Waals surface area contributed by atoms with Crippen molar-refractivity contribution >= 4 is 23.0 Å². The van der Waals surface area contributed by atoms with Crippen molar-refractivity contribution in [3.63, 3.8) is 0 Å². The Morgan fingerprint density at radius 2 is 1.95 bits per heavy atom. The minimum Gasteiger partial charge on any atom is -0.383 e. The predicted molar refractivity (Wildman–Crippen MR) is 133 cm³/mol. The van der Waals surface area contributed by atoms with Crippen LogP contribution in [0.5, 0.6) is 0 Å². The van der Waals surface area contributed by atoms with Crippen LogP contribution in [0, 0.1) is 11.8 Å². The van der Waals surface area contributed by atoms with Crippen LogP contribution in [-0.4, -0.2) is 46.9 Å². The second kappa shape index (κ2) is 11.6. The number of ether oxygens (including phenoxy) is 1. The third kappa shape index (κ3) is 6.97. The van der Waals surface area contributed by atoms with E-state index in [2.05, 4.69) is 4.98 Å². The Labute approximate surface area is 218 Å². The Hall–Kier alpha value is -2.30. The summed E-state index contributed by atoms with van der Waals surface area (Å²) in [7, 11) is 1.64. The number of amides is 1. The Morgan fingerprint density at radius 3 is 2.65 bits per heavy atom. The van der Waals surface area contributed by atoms with Gasteiger partial charge >= 0.3 is 6.18 Å². The van der Waals surface area contributed by atoms with Crippen LogP contribution in [0.25, 0.3) is 0 Å². The molecule has 2 fully saturated rings. The van der Waals surface area contributed by atoms with Gasteiger partial charge in [0.1, 0.15) is 10.6 Å². The van der Waals surface area contributed by atoms with E-state index in [1.807, 2.05) is 0 Å². The van der Waals surface area contributed by atoms with Gasteiger partial charge in [-0.25, -0.2) is 4.98 Å². The van der Waals surface area contributed by atoms with Gasteiger partial charge in [-0.1, -0.05) is 12.1 Å². The molecule has 1 aromatic heterocycles. The summed E-state index contributed by atoms with van der Waals surface area (Å²) in [6.07, 6.45) is 2.21. The smallest absolute Gasteiger partial charge is 0.383 e. The van der Waals surface area contributed by atoms with Crippen LogP contribution in [0.4, 0.5) is 13.2 Å². The van der Waals surface area contributed by atoms with E-state index in [1.165, 1.54) is 23.5 Å². The molecule has 1 atom stereocenters. The van der Waals surface area contributed by atoms with Crippen molar-refractivity contribution in [3.8, 4) is 0 Å². The molecule has 1 amide bonds.